The first-order chi connectivity index (χ1) is 5.52. The van der Waals surface area contributed by atoms with Gasteiger partial charge in [-0.1, -0.05) is 34.8 Å². The molecule has 1 heterocycles. The molecular formula is C5H3BCl3NO2. The van der Waals surface area contributed by atoms with Gasteiger partial charge in [0.2, 0.25) is 0 Å². The minimum Gasteiger partial charge on any atom is -0.423 e. The predicted molar refractivity (Wildman–Crippen MR) is 49.1 cm³/mol. The Kier molecular flexibility index (Phi) is 3.20. The lowest BCUT2D eigenvalue weighted by Crippen LogP contribution is -2.32. The Morgan fingerprint density at radius 2 is 1.83 bits per heavy atom. The average Bonchev–Trinajstić information content (AvgIpc) is 1.82. The van der Waals surface area contributed by atoms with Crippen molar-refractivity contribution in [2.45, 2.75) is 0 Å². The first-order valence-corrected chi connectivity index (χ1v) is 4.03. The van der Waals surface area contributed by atoms with E-state index in [2.05, 4.69) is 4.98 Å². The molecule has 12 heavy (non-hydrogen) atoms. The number of halogens is 3. The summed E-state index contributed by atoms with van der Waals surface area (Å²) >= 11 is 16.6. The Morgan fingerprint density at radius 1 is 1.25 bits per heavy atom. The fourth-order valence-corrected chi connectivity index (χ4v) is 1.62. The highest BCUT2D eigenvalue weighted by molar-refractivity contribution is 6.66. The summed E-state index contributed by atoms with van der Waals surface area (Å²) in [5, 5.41) is 17.6. The third-order valence-corrected chi connectivity index (χ3v) is 1.98. The number of rotatable bonds is 1. The van der Waals surface area contributed by atoms with Gasteiger partial charge in [-0.25, -0.2) is 4.98 Å². The number of pyridine rings is 1. The Bertz CT molecular complexity index is 284. The van der Waals surface area contributed by atoms with Crippen molar-refractivity contribution in [3.63, 3.8) is 0 Å². The number of hydrogen-bond donors (Lipinski definition) is 2. The third-order valence-electron chi connectivity index (χ3n) is 1.19. The highest BCUT2D eigenvalue weighted by Crippen LogP contribution is 2.16. The molecule has 1 aromatic rings. The molecular weight excluding hydrogens is 223 g/mol. The van der Waals surface area contributed by atoms with Gasteiger partial charge in [0.1, 0.15) is 10.3 Å². The SMILES string of the molecule is OB(O)c1c(Cl)cc(Cl)nc1Cl. The zero-order chi connectivity index (χ0) is 9.30. The van der Waals surface area contributed by atoms with Crippen molar-refractivity contribution in [1.29, 1.82) is 0 Å². The van der Waals surface area contributed by atoms with Crippen LogP contribution in [0.1, 0.15) is 0 Å². The van der Waals surface area contributed by atoms with Crippen molar-refractivity contribution < 1.29 is 10.0 Å². The molecule has 0 radical (unpaired) electrons. The van der Waals surface area contributed by atoms with Gasteiger partial charge in [0.25, 0.3) is 0 Å². The molecule has 0 unspecified atom stereocenters. The number of nitrogens with zero attached hydrogens (tertiary/aromatic N) is 1. The topological polar surface area (TPSA) is 53.4 Å². The van der Waals surface area contributed by atoms with Crippen LogP contribution < -0.4 is 5.46 Å². The molecule has 0 amide bonds. The van der Waals surface area contributed by atoms with E-state index in [9.17, 15) is 0 Å². The molecule has 0 bridgehead atoms. The number of hydrogen-bond acceptors (Lipinski definition) is 3. The lowest BCUT2D eigenvalue weighted by atomic mass is 9.81. The molecule has 64 valence electrons. The fraction of sp³-hybridized carbons (Fsp3) is 0. The predicted octanol–water partition coefficient (Wildman–Crippen LogP) is 0.722. The molecule has 0 aliphatic rings. The van der Waals surface area contributed by atoms with Crippen molar-refractivity contribution in [2.75, 3.05) is 0 Å². The van der Waals surface area contributed by atoms with Crippen LogP contribution in [0.5, 0.6) is 0 Å². The zero-order valence-electron chi connectivity index (χ0n) is 5.63. The monoisotopic (exact) mass is 225 g/mol. The molecule has 0 aromatic carbocycles. The van der Waals surface area contributed by atoms with Gasteiger partial charge in [-0.15, -0.1) is 0 Å². The maximum atomic E-state index is 8.78. The normalized spacial score (nSPS) is 10.1. The van der Waals surface area contributed by atoms with Crippen LogP contribution in [0.2, 0.25) is 15.3 Å². The molecule has 0 spiro atoms. The largest absolute Gasteiger partial charge is 0.493 e. The van der Waals surface area contributed by atoms with Gasteiger partial charge < -0.3 is 10.0 Å². The molecule has 0 aliphatic heterocycles. The zero-order valence-corrected chi connectivity index (χ0v) is 7.90. The van der Waals surface area contributed by atoms with Crippen LogP contribution >= 0.6 is 34.8 Å². The van der Waals surface area contributed by atoms with E-state index in [1.807, 2.05) is 0 Å². The molecule has 1 rings (SSSR count). The summed E-state index contributed by atoms with van der Waals surface area (Å²) in [6, 6.07) is 1.28. The van der Waals surface area contributed by atoms with Gasteiger partial charge in [0.15, 0.2) is 0 Å². The first kappa shape index (κ1) is 10.1. The van der Waals surface area contributed by atoms with Crippen molar-refractivity contribution in [3.05, 3.63) is 21.4 Å². The van der Waals surface area contributed by atoms with Crippen molar-refractivity contribution in [3.8, 4) is 0 Å². The van der Waals surface area contributed by atoms with Crippen molar-refractivity contribution in [1.82, 2.24) is 4.98 Å². The Balaban J connectivity index is 3.28. The smallest absolute Gasteiger partial charge is 0.423 e. The Hall–Kier alpha value is 0.00494. The maximum Gasteiger partial charge on any atom is 0.493 e. The maximum absolute atomic E-state index is 8.78. The van der Waals surface area contributed by atoms with Gasteiger partial charge in [-0.3, -0.25) is 0 Å². The van der Waals surface area contributed by atoms with Gasteiger partial charge >= 0.3 is 7.12 Å². The molecule has 0 fully saturated rings. The molecule has 2 N–H and O–H groups in total. The van der Waals surface area contributed by atoms with Crippen LogP contribution in [0, 0.1) is 0 Å². The second kappa shape index (κ2) is 3.81. The first-order valence-electron chi connectivity index (χ1n) is 2.90. The summed E-state index contributed by atoms with van der Waals surface area (Å²) in [6.45, 7) is 0. The van der Waals surface area contributed by atoms with Crippen LogP contribution in [0.25, 0.3) is 0 Å². The quantitative estimate of drug-likeness (QED) is 0.548. The van der Waals surface area contributed by atoms with E-state index >= 15 is 0 Å². The van der Waals surface area contributed by atoms with Crippen LogP contribution in [-0.4, -0.2) is 22.2 Å². The molecule has 7 heteroatoms. The summed E-state index contributed by atoms with van der Waals surface area (Å²) in [6.07, 6.45) is 0. The van der Waals surface area contributed by atoms with E-state index in [1.54, 1.807) is 0 Å². The summed E-state index contributed by atoms with van der Waals surface area (Å²) in [5.74, 6) is 0. The molecule has 0 saturated heterocycles. The van der Waals surface area contributed by atoms with E-state index < -0.39 is 7.12 Å². The van der Waals surface area contributed by atoms with Gasteiger partial charge in [0, 0.05) is 10.5 Å². The lowest BCUT2D eigenvalue weighted by molar-refractivity contribution is 0.425. The highest BCUT2D eigenvalue weighted by atomic mass is 35.5. The van der Waals surface area contributed by atoms with Crippen LogP contribution in [0.3, 0.4) is 0 Å². The molecule has 0 saturated carbocycles. The highest BCUT2D eigenvalue weighted by Gasteiger charge is 2.20. The molecule has 0 aliphatic carbocycles. The van der Waals surface area contributed by atoms with Crippen molar-refractivity contribution >= 4 is 47.4 Å². The second-order valence-corrected chi connectivity index (χ2v) is 3.16. The standard InChI is InChI=1S/C5H3BCl3NO2/c7-2-1-3(8)10-5(9)4(2)6(11)12/h1,11-12H. The van der Waals surface area contributed by atoms with Crippen molar-refractivity contribution in [2.24, 2.45) is 0 Å². The van der Waals surface area contributed by atoms with E-state index in [0.717, 1.165) is 0 Å². The summed E-state index contributed by atoms with van der Waals surface area (Å²) < 4.78 is 0. The Morgan fingerprint density at radius 3 is 2.25 bits per heavy atom. The third kappa shape index (κ3) is 2.03. The summed E-state index contributed by atoms with van der Waals surface area (Å²) in [5.41, 5.74) is -0.0391. The van der Waals surface area contributed by atoms with Gasteiger partial charge in [-0.2, -0.15) is 0 Å². The summed E-state index contributed by atoms with van der Waals surface area (Å²) in [7, 11) is -1.74. The van der Waals surface area contributed by atoms with Crippen LogP contribution in [-0.2, 0) is 0 Å². The average molecular weight is 226 g/mol. The molecule has 0 atom stereocenters. The minimum atomic E-state index is -1.74. The van der Waals surface area contributed by atoms with E-state index in [-0.39, 0.29) is 20.8 Å². The lowest BCUT2D eigenvalue weighted by Gasteiger charge is -2.04. The van der Waals surface area contributed by atoms with Crippen LogP contribution in [0.4, 0.5) is 0 Å². The van der Waals surface area contributed by atoms with Crippen LogP contribution in [0.15, 0.2) is 6.07 Å². The summed E-state index contributed by atoms with van der Waals surface area (Å²) in [4.78, 5) is 3.58. The van der Waals surface area contributed by atoms with Gasteiger partial charge in [0.05, 0.1) is 0 Å². The van der Waals surface area contributed by atoms with E-state index in [0.29, 0.717) is 0 Å². The Labute approximate surface area is 84.0 Å². The second-order valence-electron chi connectivity index (χ2n) is 2.00. The minimum absolute atomic E-state index is 0.0391. The van der Waals surface area contributed by atoms with E-state index in [4.69, 9.17) is 44.9 Å². The molecule has 1 aromatic heterocycles. The van der Waals surface area contributed by atoms with E-state index in [1.165, 1.54) is 6.07 Å². The molecule has 3 nitrogen and oxygen atoms in total. The fourth-order valence-electron chi connectivity index (χ4n) is 0.697. The number of aromatic nitrogens is 1. The van der Waals surface area contributed by atoms with Gasteiger partial charge in [-0.05, 0) is 6.07 Å².